The molecule has 1 atom stereocenters. The van der Waals surface area contributed by atoms with Gasteiger partial charge in [-0.1, -0.05) is 36.4 Å². The molecule has 3 heterocycles. The van der Waals surface area contributed by atoms with Crippen LogP contribution < -0.4 is 5.32 Å². The van der Waals surface area contributed by atoms with E-state index in [1.165, 1.54) is 6.07 Å². The van der Waals surface area contributed by atoms with E-state index in [0.29, 0.717) is 5.92 Å². The lowest BCUT2D eigenvalue weighted by Gasteiger charge is -2.44. The average molecular weight is 350 g/mol. The fourth-order valence-electron chi connectivity index (χ4n) is 4.10. The maximum atomic E-state index is 12.9. The summed E-state index contributed by atoms with van der Waals surface area (Å²) >= 11 is 0. The minimum atomic E-state index is -1.08. The number of nitrogens with zero attached hydrogens (tertiary/aromatic N) is 1. The van der Waals surface area contributed by atoms with Crippen LogP contribution in [0, 0.1) is 5.92 Å². The minimum absolute atomic E-state index is 0.0449. The number of carboxylic acids is 1. The van der Waals surface area contributed by atoms with Crippen LogP contribution in [0.4, 0.5) is 0 Å². The van der Waals surface area contributed by atoms with E-state index in [2.05, 4.69) is 10.2 Å². The molecule has 1 unspecified atom stereocenters. The van der Waals surface area contributed by atoms with Crippen molar-refractivity contribution in [1.29, 1.82) is 0 Å². The second-order valence-corrected chi connectivity index (χ2v) is 7.15. The molecule has 0 spiro atoms. The van der Waals surface area contributed by atoms with E-state index < -0.39 is 5.97 Å². The molecule has 26 heavy (non-hydrogen) atoms. The van der Waals surface area contributed by atoms with Crippen molar-refractivity contribution < 1.29 is 14.7 Å². The maximum Gasteiger partial charge on any atom is 0.336 e. The first kappa shape index (κ1) is 16.8. The Balaban J connectivity index is 1.63. The van der Waals surface area contributed by atoms with Crippen LogP contribution in [-0.2, 0) is 0 Å². The van der Waals surface area contributed by atoms with Crippen LogP contribution in [0.15, 0.2) is 48.5 Å². The number of carbonyl (C=O) groups is 2. The summed E-state index contributed by atoms with van der Waals surface area (Å²) in [5.41, 5.74) is 2.08. The highest BCUT2D eigenvalue weighted by Crippen LogP contribution is 2.28. The normalized spacial score (nSPS) is 24.2. The number of carbonyl (C=O) groups excluding carboxylic acids is 1. The van der Waals surface area contributed by atoms with Crippen molar-refractivity contribution in [3.05, 3.63) is 59.7 Å². The molecule has 0 aromatic heterocycles. The molecule has 1 amide bonds. The number of fused-ring (bicyclic) bond motifs is 3. The van der Waals surface area contributed by atoms with Gasteiger partial charge in [0.1, 0.15) is 0 Å². The minimum Gasteiger partial charge on any atom is -0.478 e. The zero-order valence-corrected chi connectivity index (χ0v) is 14.5. The van der Waals surface area contributed by atoms with Gasteiger partial charge >= 0.3 is 5.97 Å². The number of hydrogen-bond acceptors (Lipinski definition) is 3. The van der Waals surface area contributed by atoms with Crippen LogP contribution in [0.5, 0.6) is 0 Å². The van der Waals surface area contributed by atoms with Crippen molar-refractivity contribution >= 4 is 11.9 Å². The monoisotopic (exact) mass is 350 g/mol. The Morgan fingerprint density at radius 3 is 2.31 bits per heavy atom. The molecule has 134 valence electrons. The Labute approximate surface area is 152 Å². The Kier molecular flexibility index (Phi) is 4.47. The highest BCUT2D eigenvalue weighted by Gasteiger charge is 2.35. The molecule has 3 aliphatic rings. The molecule has 3 saturated heterocycles. The summed E-state index contributed by atoms with van der Waals surface area (Å²) < 4.78 is 0. The number of piperidine rings is 3. The maximum absolute atomic E-state index is 12.9. The number of benzene rings is 2. The number of rotatable bonds is 4. The van der Waals surface area contributed by atoms with Gasteiger partial charge in [-0.2, -0.15) is 0 Å². The standard InChI is InChI=1S/C21H22N2O3/c24-20(22-19-13-23-10-8-15(19)9-11-23)18-12-16(6-7-17(18)21(25)26)14-4-2-1-3-5-14/h1-7,12,15,19H,8-11,13H2,(H,22,24)(H,25,26). The molecule has 0 radical (unpaired) electrons. The summed E-state index contributed by atoms with van der Waals surface area (Å²) in [7, 11) is 0. The van der Waals surface area contributed by atoms with E-state index in [0.717, 1.165) is 43.6 Å². The van der Waals surface area contributed by atoms with Crippen molar-refractivity contribution in [2.45, 2.75) is 18.9 Å². The van der Waals surface area contributed by atoms with Gasteiger partial charge in [0.15, 0.2) is 0 Å². The fourth-order valence-corrected chi connectivity index (χ4v) is 4.10. The van der Waals surface area contributed by atoms with Gasteiger partial charge in [0.25, 0.3) is 5.91 Å². The van der Waals surface area contributed by atoms with E-state index in [1.54, 1.807) is 12.1 Å². The molecule has 0 saturated carbocycles. The molecule has 2 aromatic carbocycles. The van der Waals surface area contributed by atoms with E-state index in [-0.39, 0.29) is 23.1 Å². The van der Waals surface area contributed by atoms with E-state index in [4.69, 9.17) is 0 Å². The lowest BCUT2D eigenvalue weighted by molar-refractivity contribution is 0.0611. The van der Waals surface area contributed by atoms with Gasteiger partial charge in [-0.15, -0.1) is 0 Å². The SMILES string of the molecule is O=C(O)c1ccc(-c2ccccc2)cc1C(=O)NC1CN2CCC1CC2. The number of carboxylic acid groups (broad SMARTS) is 1. The van der Waals surface area contributed by atoms with Crippen molar-refractivity contribution in [3.8, 4) is 11.1 Å². The smallest absolute Gasteiger partial charge is 0.336 e. The van der Waals surface area contributed by atoms with Crippen molar-refractivity contribution in [1.82, 2.24) is 10.2 Å². The largest absolute Gasteiger partial charge is 0.478 e. The molecule has 0 aliphatic carbocycles. The molecular formula is C21H22N2O3. The number of aromatic carboxylic acids is 1. The van der Waals surface area contributed by atoms with Gasteiger partial charge in [0.05, 0.1) is 11.1 Å². The summed E-state index contributed by atoms with van der Waals surface area (Å²) in [6.07, 6.45) is 2.20. The topological polar surface area (TPSA) is 69.6 Å². The van der Waals surface area contributed by atoms with Crippen LogP contribution in [-0.4, -0.2) is 47.6 Å². The Hall–Kier alpha value is -2.66. The first-order valence-electron chi connectivity index (χ1n) is 9.08. The summed E-state index contributed by atoms with van der Waals surface area (Å²) in [5, 5.41) is 12.6. The van der Waals surface area contributed by atoms with Crippen LogP contribution in [0.25, 0.3) is 11.1 Å². The van der Waals surface area contributed by atoms with Crippen molar-refractivity contribution in [2.24, 2.45) is 5.92 Å². The van der Waals surface area contributed by atoms with E-state index in [1.807, 2.05) is 30.3 Å². The van der Waals surface area contributed by atoms with Crippen molar-refractivity contribution in [3.63, 3.8) is 0 Å². The predicted molar refractivity (Wildman–Crippen MR) is 99.3 cm³/mol. The molecule has 3 aliphatic heterocycles. The van der Waals surface area contributed by atoms with Crippen molar-refractivity contribution in [2.75, 3.05) is 19.6 Å². The van der Waals surface area contributed by atoms with Gasteiger partial charge in [0, 0.05) is 12.6 Å². The summed E-state index contributed by atoms with van der Waals surface area (Å²) in [4.78, 5) is 26.9. The lowest BCUT2D eigenvalue weighted by atomic mass is 9.84. The van der Waals surface area contributed by atoms with Crippen LogP contribution in [0.3, 0.4) is 0 Å². The second kappa shape index (κ2) is 6.92. The molecule has 3 fully saturated rings. The first-order chi connectivity index (χ1) is 12.6. The van der Waals surface area contributed by atoms with Crippen LogP contribution in [0.2, 0.25) is 0 Å². The molecule has 5 rings (SSSR count). The second-order valence-electron chi connectivity index (χ2n) is 7.15. The van der Waals surface area contributed by atoms with Gasteiger partial charge in [0.2, 0.25) is 0 Å². The predicted octanol–water partition coefficient (Wildman–Crippen LogP) is 2.88. The third-order valence-electron chi connectivity index (χ3n) is 5.57. The highest BCUT2D eigenvalue weighted by molar-refractivity contribution is 6.05. The number of hydrogen-bond donors (Lipinski definition) is 2. The summed E-state index contributed by atoms with van der Waals surface area (Å²) in [6, 6.07) is 14.7. The Morgan fingerprint density at radius 1 is 0.962 bits per heavy atom. The fraction of sp³-hybridized carbons (Fsp3) is 0.333. The highest BCUT2D eigenvalue weighted by atomic mass is 16.4. The van der Waals surface area contributed by atoms with E-state index >= 15 is 0 Å². The van der Waals surface area contributed by atoms with Gasteiger partial charge in [-0.25, -0.2) is 4.79 Å². The molecule has 2 bridgehead atoms. The molecule has 2 aromatic rings. The average Bonchev–Trinajstić information content (AvgIpc) is 2.69. The summed E-state index contributed by atoms with van der Waals surface area (Å²) in [5.74, 6) is -0.878. The Bertz CT molecular complexity index is 826. The van der Waals surface area contributed by atoms with Crippen LogP contribution >= 0.6 is 0 Å². The van der Waals surface area contributed by atoms with Gasteiger partial charge in [-0.05, 0) is 55.1 Å². The van der Waals surface area contributed by atoms with Crippen LogP contribution in [0.1, 0.15) is 33.6 Å². The van der Waals surface area contributed by atoms with Gasteiger partial charge in [-0.3, -0.25) is 4.79 Å². The zero-order valence-electron chi connectivity index (χ0n) is 14.5. The lowest BCUT2D eigenvalue weighted by Crippen LogP contribution is -2.57. The zero-order chi connectivity index (χ0) is 18.1. The molecular weight excluding hydrogens is 328 g/mol. The molecule has 5 heteroatoms. The Morgan fingerprint density at radius 2 is 1.69 bits per heavy atom. The third-order valence-corrected chi connectivity index (χ3v) is 5.57. The first-order valence-corrected chi connectivity index (χ1v) is 9.08. The third kappa shape index (κ3) is 3.22. The quantitative estimate of drug-likeness (QED) is 0.890. The number of nitrogens with one attached hydrogen (secondary N) is 1. The summed E-state index contributed by atoms with van der Waals surface area (Å²) in [6.45, 7) is 3.05. The van der Waals surface area contributed by atoms with E-state index in [9.17, 15) is 14.7 Å². The number of amides is 1. The van der Waals surface area contributed by atoms with Gasteiger partial charge < -0.3 is 15.3 Å². The molecule has 2 N–H and O–H groups in total. The molecule has 5 nitrogen and oxygen atoms in total.